The average Bonchev–Trinajstić information content (AvgIpc) is 3.03. The molecule has 0 bridgehead atoms. The van der Waals surface area contributed by atoms with Crippen LogP contribution in [0.4, 0.5) is 0 Å². The van der Waals surface area contributed by atoms with Crippen LogP contribution in [0.15, 0.2) is 18.2 Å². The first kappa shape index (κ1) is 13.9. The van der Waals surface area contributed by atoms with Crippen LogP contribution >= 0.6 is 11.6 Å². The molecule has 1 spiro atoms. The standard InChI is InChI=1S/C17H23ClN2O/c18-14-5-3-4-13-15(20-10-1-2-11-20)12-17(21-16(13)14)6-8-19-9-7-17/h3-5,15,19H,1-2,6-12H2. The molecule has 0 amide bonds. The van der Waals surface area contributed by atoms with Crippen molar-refractivity contribution in [3.8, 4) is 5.75 Å². The summed E-state index contributed by atoms with van der Waals surface area (Å²) < 4.78 is 6.48. The predicted octanol–water partition coefficient (Wildman–Crippen LogP) is 3.38. The Morgan fingerprint density at radius 2 is 1.95 bits per heavy atom. The van der Waals surface area contributed by atoms with Crippen LogP contribution < -0.4 is 10.1 Å². The van der Waals surface area contributed by atoms with Gasteiger partial charge in [-0.2, -0.15) is 0 Å². The van der Waals surface area contributed by atoms with E-state index in [1.54, 1.807) is 0 Å². The van der Waals surface area contributed by atoms with Crippen LogP contribution in [-0.4, -0.2) is 36.7 Å². The van der Waals surface area contributed by atoms with Gasteiger partial charge in [0, 0.05) is 18.0 Å². The molecule has 0 saturated carbocycles. The lowest BCUT2D eigenvalue weighted by molar-refractivity contribution is -0.0158. The van der Waals surface area contributed by atoms with Crippen molar-refractivity contribution in [2.75, 3.05) is 26.2 Å². The monoisotopic (exact) mass is 306 g/mol. The number of halogens is 1. The number of nitrogens with one attached hydrogen (secondary N) is 1. The molecule has 1 aromatic carbocycles. The number of piperidine rings is 1. The highest BCUT2D eigenvalue weighted by molar-refractivity contribution is 6.32. The quantitative estimate of drug-likeness (QED) is 0.861. The maximum atomic E-state index is 6.48. The van der Waals surface area contributed by atoms with Crippen LogP contribution in [0.25, 0.3) is 0 Å². The van der Waals surface area contributed by atoms with Gasteiger partial charge in [-0.3, -0.25) is 4.90 Å². The molecule has 21 heavy (non-hydrogen) atoms. The van der Waals surface area contributed by atoms with E-state index in [2.05, 4.69) is 22.3 Å². The van der Waals surface area contributed by atoms with Crippen molar-refractivity contribution in [3.63, 3.8) is 0 Å². The Kier molecular flexibility index (Phi) is 3.60. The van der Waals surface area contributed by atoms with E-state index in [4.69, 9.17) is 16.3 Å². The van der Waals surface area contributed by atoms with Gasteiger partial charge in [-0.25, -0.2) is 0 Å². The molecule has 0 aliphatic carbocycles. The number of para-hydroxylation sites is 1. The summed E-state index contributed by atoms with van der Waals surface area (Å²) >= 11 is 6.46. The second kappa shape index (κ2) is 5.45. The van der Waals surface area contributed by atoms with E-state index < -0.39 is 0 Å². The third-order valence-corrected chi connectivity index (χ3v) is 5.63. The zero-order valence-electron chi connectivity index (χ0n) is 12.4. The van der Waals surface area contributed by atoms with E-state index in [1.165, 1.54) is 31.5 Å². The third kappa shape index (κ3) is 2.45. The van der Waals surface area contributed by atoms with E-state index in [9.17, 15) is 0 Å². The number of fused-ring (bicyclic) bond motifs is 1. The summed E-state index contributed by atoms with van der Waals surface area (Å²) in [6.07, 6.45) is 5.93. The molecule has 3 nitrogen and oxygen atoms in total. The summed E-state index contributed by atoms with van der Waals surface area (Å²) in [5.41, 5.74) is 1.28. The molecule has 114 valence electrons. The average molecular weight is 307 g/mol. The van der Waals surface area contributed by atoms with Gasteiger partial charge in [-0.15, -0.1) is 0 Å². The van der Waals surface area contributed by atoms with Crippen LogP contribution in [0, 0.1) is 0 Å². The van der Waals surface area contributed by atoms with Gasteiger partial charge in [0.25, 0.3) is 0 Å². The summed E-state index contributed by atoms with van der Waals surface area (Å²) in [5, 5.41) is 4.23. The Bertz CT molecular complexity index is 522. The number of benzene rings is 1. The summed E-state index contributed by atoms with van der Waals surface area (Å²) in [6, 6.07) is 6.71. The Morgan fingerprint density at radius 3 is 2.71 bits per heavy atom. The molecule has 2 saturated heterocycles. The lowest BCUT2D eigenvalue weighted by atomic mass is 9.80. The van der Waals surface area contributed by atoms with Crippen molar-refractivity contribution in [3.05, 3.63) is 28.8 Å². The molecular weight excluding hydrogens is 284 g/mol. The minimum atomic E-state index is -0.0174. The molecule has 3 aliphatic rings. The second-order valence-corrected chi connectivity index (χ2v) is 7.06. The van der Waals surface area contributed by atoms with Crippen molar-refractivity contribution >= 4 is 11.6 Å². The normalized spacial score (nSPS) is 28.3. The molecule has 0 radical (unpaired) electrons. The predicted molar refractivity (Wildman–Crippen MR) is 85.1 cm³/mol. The van der Waals surface area contributed by atoms with Gasteiger partial charge in [0.15, 0.2) is 0 Å². The molecule has 1 unspecified atom stereocenters. The van der Waals surface area contributed by atoms with Crippen LogP contribution in [0.5, 0.6) is 5.75 Å². The maximum absolute atomic E-state index is 6.48. The van der Waals surface area contributed by atoms with E-state index in [0.717, 1.165) is 43.1 Å². The molecule has 4 heteroatoms. The lowest BCUT2D eigenvalue weighted by Gasteiger charge is -2.47. The fourth-order valence-electron chi connectivity index (χ4n) is 4.18. The number of ether oxygens (including phenoxy) is 1. The molecular formula is C17H23ClN2O. The van der Waals surface area contributed by atoms with Gasteiger partial charge in [-0.05, 0) is 57.9 Å². The van der Waals surface area contributed by atoms with Crippen molar-refractivity contribution in [1.29, 1.82) is 0 Å². The molecule has 1 atom stereocenters. The van der Waals surface area contributed by atoms with Crippen LogP contribution in [0.1, 0.15) is 43.7 Å². The highest BCUT2D eigenvalue weighted by Gasteiger charge is 2.44. The fraction of sp³-hybridized carbons (Fsp3) is 0.647. The van der Waals surface area contributed by atoms with Crippen LogP contribution in [-0.2, 0) is 0 Å². The SMILES string of the molecule is Clc1cccc2c1OC1(CCNCC1)CC2N1CCCC1. The first-order valence-electron chi connectivity index (χ1n) is 8.20. The molecule has 2 fully saturated rings. The van der Waals surface area contributed by atoms with Gasteiger partial charge in [0.1, 0.15) is 11.4 Å². The van der Waals surface area contributed by atoms with Gasteiger partial charge in [0.05, 0.1) is 5.02 Å². The number of likely N-dealkylation sites (tertiary alicyclic amines) is 1. The first-order chi connectivity index (χ1) is 10.3. The third-order valence-electron chi connectivity index (χ3n) is 5.34. The Morgan fingerprint density at radius 1 is 1.19 bits per heavy atom. The molecule has 3 heterocycles. The maximum Gasteiger partial charge on any atom is 0.143 e. The van der Waals surface area contributed by atoms with E-state index in [-0.39, 0.29) is 5.60 Å². The summed E-state index contributed by atoms with van der Waals surface area (Å²) in [4.78, 5) is 2.64. The largest absolute Gasteiger partial charge is 0.485 e. The minimum absolute atomic E-state index is 0.0174. The van der Waals surface area contributed by atoms with Crippen molar-refractivity contribution < 1.29 is 4.74 Å². The Hall–Kier alpha value is -0.770. The van der Waals surface area contributed by atoms with E-state index in [1.807, 2.05) is 6.07 Å². The molecule has 3 aliphatic heterocycles. The van der Waals surface area contributed by atoms with E-state index >= 15 is 0 Å². The Labute approximate surface area is 131 Å². The van der Waals surface area contributed by atoms with Crippen molar-refractivity contribution in [2.24, 2.45) is 0 Å². The molecule has 0 aromatic heterocycles. The van der Waals surface area contributed by atoms with Gasteiger partial charge in [-0.1, -0.05) is 23.7 Å². The zero-order chi connectivity index (χ0) is 14.3. The van der Waals surface area contributed by atoms with Gasteiger partial charge >= 0.3 is 0 Å². The summed E-state index contributed by atoms with van der Waals surface area (Å²) in [7, 11) is 0. The smallest absolute Gasteiger partial charge is 0.143 e. The number of hydrogen-bond donors (Lipinski definition) is 1. The number of rotatable bonds is 1. The number of hydrogen-bond acceptors (Lipinski definition) is 3. The topological polar surface area (TPSA) is 24.5 Å². The zero-order valence-corrected chi connectivity index (χ0v) is 13.2. The highest BCUT2D eigenvalue weighted by Crippen LogP contribution is 2.49. The van der Waals surface area contributed by atoms with Crippen LogP contribution in [0.2, 0.25) is 5.02 Å². The van der Waals surface area contributed by atoms with Crippen LogP contribution in [0.3, 0.4) is 0 Å². The molecule has 4 rings (SSSR count). The van der Waals surface area contributed by atoms with Gasteiger partial charge < -0.3 is 10.1 Å². The first-order valence-corrected chi connectivity index (χ1v) is 8.57. The summed E-state index contributed by atoms with van der Waals surface area (Å²) in [5.74, 6) is 0.948. The van der Waals surface area contributed by atoms with Crippen molar-refractivity contribution in [2.45, 2.75) is 43.7 Å². The minimum Gasteiger partial charge on any atom is -0.485 e. The fourth-order valence-corrected chi connectivity index (χ4v) is 4.40. The number of nitrogens with zero attached hydrogens (tertiary/aromatic N) is 1. The van der Waals surface area contributed by atoms with E-state index in [0.29, 0.717) is 6.04 Å². The Balaban J connectivity index is 1.73. The second-order valence-electron chi connectivity index (χ2n) is 6.66. The van der Waals surface area contributed by atoms with Gasteiger partial charge in [0.2, 0.25) is 0 Å². The summed E-state index contributed by atoms with van der Waals surface area (Å²) in [6.45, 7) is 4.52. The highest BCUT2D eigenvalue weighted by atomic mass is 35.5. The molecule has 1 N–H and O–H groups in total. The lowest BCUT2D eigenvalue weighted by Crippen LogP contribution is -2.51. The molecule has 1 aromatic rings. The van der Waals surface area contributed by atoms with Crippen molar-refractivity contribution in [1.82, 2.24) is 10.2 Å².